The summed E-state index contributed by atoms with van der Waals surface area (Å²) in [5.41, 5.74) is 1.90. The lowest BCUT2D eigenvalue weighted by Crippen LogP contribution is -2.48. The third-order valence-electron chi connectivity index (χ3n) is 4.33. The van der Waals surface area contributed by atoms with Crippen LogP contribution < -0.4 is 19.5 Å². The van der Waals surface area contributed by atoms with Gasteiger partial charge in [0.1, 0.15) is 6.07 Å². The van der Waals surface area contributed by atoms with Crippen molar-refractivity contribution in [3.8, 4) is 17.6 Å². The Kier molecular flexibility index (Phi) is 5.03. The number of nitriles is 1. The van der Waals surface area contributed by atoms with Crippen LogP contribution in [0.4, 0.5) is 5.69 Å². The summed E-state index contributed by atoms with van der Waals surface area (Å²) in [6.07, 6.45) is 2.38. The van der Waals surface area contributed by atoms with Crippen LogP contribution in [-0.4, -0.2) is 41.0 Å². The molecule has 0 amide bonds. The molecule has 0 aliphatic carbocycles. The fraction of sp³-hybridized carbons (Fsp3) is 0.375. The molecule has 9 heteroatoms. The number of phenols is 1. The van der Waals surface area contributed by atoms with Gasteiger partial charge in [0, 0.05) is 37.3 Å². The highest BCUT2D eigenvalue weighted by Gasteiger charge is 2.30. The summed E-state index contributed by atoms with van der Waals surface area (Å²) in [6, 6.07) is 5.43. The fourth-order valence-corrected chi connectivity index (χ4v) is 3.40. The second kappa shape index (κ2) is 7.23. The smallest absolute Gasteiger partial charge is 0.164 e. The third-order valence-corrected chi connectivity index (χ3v) is 4.82. The van der Waals surface area contributed by atoms with Gasteiger partial charge < -0.3 is 14.7 Å². The highest BCUT2D eigenvalue weighted by molar-refractivity contribution is 7.80. The Hall–Kier alpha value is -2.41. The number of hydrogen-bond donors (Lipinski definition) is 3. The van der Waals surface area contributed by atoms with Gasteiger partial charge in [-0.15, -0.1) is 0 Å². The van der Waals surface area contributed by atoms with Crippen molar-refractivity contribution in [2.45, 2.75) is 6.42 Å². The summed E-state index contributed by atoms with van der Waals surface area (Å²) in [5, 5.41) is 25.3. The van der Waals surface area contributed by atoms with Crippen molar-refractivity contribution in [1.82, 2.24) is 9.71 Å². The number of rotatable bonds is 6. The molecule has 3 rings (SSSR count). The number of nitrogens with zero attached hydrogens (tertiary/aromatic N) is 3. The van der Waals surface area contributed by atoms with Gasteiger partial charge in [-0.3, -0.25) is 4.98 Å². The first-order valence-electron chi connectivity index (χ1n) is 7.78. The molecular weight excluding hydrogens is 342 g/mol. The number of fused-ring (bicyclic) bond motifs is 1. The summed E-state index contributed by atoms with van der Waals surface area (Å²) in [6.45, 7) is 2.16. The molecule has 1 atom stereocenters. The molecule has 1 aromatic heterocycles. The predicted molar refractivity (Wildman–Crippen MR) is 95.3 cm³/mol. The van der Waals surface area contributed by atoms with Gasteiger partial charge in [0.2, 0.25) is 0 Å². The molecule has 1 unspecified atom stereocenters. The normalized spacial score (nSPS) is 15.6. The average molecular weight is 361 g/mol. The molecule has 132 valence electrons. The second-order valence-electron chi connectivity index (χ2n) is 5.92. The van der Waals surface area contributed by atoms with Gasteiger partial charge in [0.25, 0.3) is 0 Å². The zero-order chi connectivity index (χ0) is 18.0. The number of benzene rings is 1. The molecule has 2 aromatic rings. The van der Waals surface area contributed by atoms with Crippen LogP contribution in [-0.2, 0) is 11.2 Å². The van der Waals surface area contributed by atoms with Crippen LogP contribution in [0.5, 0.6) is 11.5 Å². The van der Waals surface area contributed by atoms with Gasteiger partial charge in [0.05, 0.1) is 23.9 Å². The molecular formula is C16H19N5O3S. The van der Waals surface area contributed by atoms with E-state index in [4.69, 9.17) is 9.88 Å². The molecule has 0 saturated carbocycles. The summed E-state index contributed by atoms with van der Waals surface area (Å²) >= 11 is -1.49. The van der Waals surface area contributed by atoms with E-state index in [0.29, 0.717) is 29.3 Å². The zero-order valence-corrected chi connectivity index (χ0v) is 14.5. The monoisotopic (exact) mass is 361 g/mol. The van der Waals surface area contributed by atoms with Gasteiger partial charge in [-0.1, -0.05) is 0 Å². The first kappa shape index (κ1) is 17.4. The van der Waals surface area contributed by atoms with Gasteiger partial charge in [-0.05, 0) is 18.4 Å². The van der Waals surface area contributed by atoms with Crippen molar-refractivity contribution in [3.63, 3.8) is 0 Å². The van der Waals surface area contributed by atoms with Crippen molar-refractivity contribution in [2.75, 3.05) is 31.6 Å². The standard InChI is InChI=1S/C16H19N5O3S/c1-24-15-4-12-13(5-14(15)22)19-7-11(6-17)16(12)21-8-10(9-21)2-3-20-25(18)23/h4-5,7,10,20,22H,2-3,8-9,18H2,1H3. The molecule has 25 heavy (non-hydrogen) atoms. The second-order valence-corrected chi connectivity index (χ2v) is 6.81. The maximum absolute atomic E-state index is 10.8. The molecule has 0 bridgehead atoms. The predicted octanol–water partition coefficient (Wildman–Crippen LogP) is 0.774. The van der Waals surface area contributed by atoms with E-state index < -0.39 is 11.2 Å². The highest BCUT2D eigenvalue weighted by Crippen LogP contribution is 2.39. The summed E-state index contributed by atoms with van der Waals surface area (Å²) in [7, 11) is 1.48. The van der Waals surface area contributed by atoms with Crippen LogP contribution in [0.2, 0.25) is 0 Å². The third kappa shape index (κ3) is 3.51. The Balaban J connectivity index is 1.86. The number of aromatic nitrogens is 1. The first-order valence-corrected chi connectivity index (χ1v) is 8.99. The molecule has 0 radical (unpaired) electrons. The lowest BCUT2D eigenvalue weighted by Gasteiger charge is -2.42. The zero-order valence-electron chi connectivity index (χ0n) is 13.7. The first-order chi connectivity index (χ1) is 12.0. The van der Waals surface area contributed by atoms with Gasteiger partial charge in [-0.25, -0.2) is 14.1 Å². The SMILES string of the molecule is COc1cc2c(N3CC(CCNS(N)=O)C3)c(C#N)cnc2cc1O. The molecule has 1 aromatic carbocycles. The largest absolute Gasteiger partial charge is 0.504 e. The van der Waals surface area contributed by atoms with Crippen molar-refractivity contribution in [2.24, 2.45) is 11.1 Å². The van der Waals surface area contributed by atoms with Gasteiger partial charge in [-0.2, -0.15) is 5.26 Å². The van der Waals surface area contributed by atoms with E-state index >= 15 is 0 Å². The quantitative estimate of drug-likeness (QED) is 0.698. The minimum Gasteiger partial charge on any atom is -0.504 e. The number of phenolic OH excluding ortho intramolecular Hbond substituents is 1. The van der Waals surface area contributed by atoms with Crippen molar-refractivity contribution < 1.29 is 14.1 Å². The maximum atomic E-state index is 10.8. The Morgan fingerprint density at radius 2 is 2.32 bits per heavy atom. The van der Waals surface area contributed by atoms with Crippen LogP contribution in [0.15, 0.2) is 18.3 Å². The minimum absolute atomic E-state index is 0.0144. The topological polar surface area (TPSA) is 124 Å². The number of nitrogens with one attached hydrogen (secondary N) is 1. The van der Waals surface area contributed by atoms with E-state index in [1.54, 1.807) is 6.07 Å². The molecule has 1 fully saturated rings. The average Bonchev–Trinajstić information content (AvgIpc) is 2.55. The molecule has 1 aliphatic heterocycles. The number of nitrogens with two attached hydrogens (primary N) is 1. The molecule has 4 N–H and O–H groups in total. The Morgan fingerprint density at radius 1 is 1.56 bits per heavy atom. The summed E-state index contributed by atoms with van der Waals surface area (Å²) < 4.78 is 18.7. The van der Waals surface area contributed by atoms with Crippen molar-refractivity contribution >= 4 is 27.8 Å². The number of hydrogen-bond acceptors (Lipinski definition) is 6. The van der Waals surface area contributed by atoms with Crippen LogP contribution >= 0.6 is 0 Å². The maximum Gasteiger partial charge on any atom is 0.164 e. The molecule has 1 aliphatic rings. The van der Waals surface area contributed by atoms with Crippen molar-refractivity contribution in [3.05, 3.63) is 23.9 Å². The van der Waals surface area contributed by atoms with Crippen LogP contribution in [0.25, 0.3) is 10.9 Å². The van der Waals surface area contributed by atoms with Crippen LogP contribution in [0.1, 0.15) is 12.0 Å². The van der Waals surface area contributed by atoms with Crippen LogP contribution in [0.3, 0.4) is 0 Å². The minimum atomic E-state index is -1.49. The summed E-state index contributed by atoms with van der Waals surface area (Å²) in [5.74, 6) is 0.794. The van der Waals surface area contributed by atoms with Crippen molar-refractivity contribution in [1.29, 1.82) is 5.26 Å². The molecule has 2 heterocycles. The van der Waals surface area contributed by atoms with E-state index in [0.717, 1.165) is 30.6 Å². The molecule has 8 nitrogen and oxygen atoms in total. The molecule has 1 saturated heterocycles. The Labute approximate surface area is 147 Å². The Morgan fingerprint density at radius 3 is 2.96 bits per heavy atom. The van der Waals surface area contributed by atoms with E-state index in [9.17, 15) is 14.6 Å². The lowest BCUT2D eigenvalue weighted by atomic mass is 9.94. The van der Waals surface area contributed by atoms with Gasteiger partial charge >= 0.3 is 0 Å². The number of aromatic hydroxyl groups is 1. The number of anilines is 1. The highest BCUT2D eigenvalue weighted by atomic mass is 32.2. The number of ether oxygens (including phenoxy) is 1. The fourth-order valence-electron chi connectivity index (χ4n) is 3.08. The van der Waals surface area contributed by atoms with E-state index in [1.807, 2.05) is 0 Å². The van der Waals surface area contributed by atoms with E-state index in [-0.39, 0.29) is 5.75 Å². The van der Waals surface area contributed by atoms with Crippen LogP contribution in [0, 0.1) is 17.2 Å². The lowest BCUT2D eigenvalue weighted by molar-refractivity contribution is 0.374. The Bertz CT molecular complexity index is 861. The number of pyridine rings is 1. The molecule has 0 spiro atoms. The summed E-state index contributed by atoms with van der Waals surface area (Å²) in [4.78, 5) is 6.37. The number of methoxy groups -OCH3 is 1. The van der Waals surface area contributed by atoms with E-state index in [2.05, 4.69) is 20.7 Å². The van der Waals surface area contributed by atoms with E-state index in [1.165, 1.54) is 19.4 Å². The van der Waals surface area contributed by atoms with Gasteiger partial charge in [0.15, 0.2) is 22.7 Å².